The van der Waals surface area contributed by atoms with Crippen molar-refractivity contribution in [2.24, 2.45) is 0 Å². The Balaban J connectivity index is 1.49. The lowest BCUT2D eigenvalue weighted by Crippen LogP contribution is -2.34. The number of hydrogen-bond donors (Lipinski definition) is 0. The summed E-state index contributed by atoms with van der Waals surface area (Å²) in [6.07, 6.45) is -0.762. The van der Waals surface area contributed by atoms with E-state index in [0.29, 0.717) is 18.0 Å². The maximum atomic E-state index is 14.4. The van der Waals surface area contributed by atoms with E-state index in [4.69, 9.17) is 4.74 Å². The van der Waals surface area contributed by atoms with Gasteiger partial charge in [0, 0.05) is 18.3 Å². The normalized spacial score (nSPS) is 18.9. The third kappa shape index (κ3) is 4.62. The summed E-state index contributed by atoms with van der Waals surface area (Å²) in [5.41, 5.74) is 0.706. The number of carbonyl (C=O) groups excluding carboxylic acids is 1. The molecule has 4 rings (SSSR count). The van der Waals surface area contributed by atoms with Crippen molar-refractivity contribution in [3.8, 4) is 5.75 Å². The molecule has 31 heavy (non-hydrogen) atoms. The third-order valence-corrected chi connectivity index (χ3v) is 5.86. The molecule has 1 aliphatic carbocycles. The second kappa shape index (κ2) is 8.40. The zero-order valence-corrected chi connectivity index (χ0v) is 17.0. The van der Waals surface area contributed by atoms with Crippen LogP contribution < -0.4 is 9.64 Å². The Hall–Kier alpha value is -2.77. The van der Waals surface area contributed by atoms with Crippen LogP contribution in [0.3, 0.4) is 0 Å². The molecule has 166 valence electrons. The highest BCUT2D eigenvalue weighted by atomic mass is 19.4. The molecule has 0 unspecified atom stereocenters. The molecule has 2 aliphatic rings. The molecule has 0 spiro atoms. The molecular formula is C23H23F4NO3. The van der Waals surface area contributed by atoms with E-state index in [0.717, 1.165) is 43.4 Å². The van der Waals surface area contributed by atoms with Gasteiger partial charge in [0.05, 0.1) is 24.3 Å². The van der Waals surface area contributed by atoms with Crippen LogP contribution >= 0.6 is 0 Å². The van der Waals surface area contributed by atoms with Crippen molar-refractivity contribution in [2.45, 2.75) is 43.8 Å². The van der Waals surface area contributed by atoms with Crippen molar-refractivity contribution in [1.82, 2.24) is 0 Å². The lowest BCUT2D eigenvalue weighted by molar-refractivity contribution is -0.137. The maximum absolute atomic E-state index is 14.4. The molecule has 1 saturated heterocycles. The molecular weight excluding hydrogens is 414 g/mol. The van der Waals surface area contributed by atoms with Gasteiger partial charge in [-0.2, -0.15) is 13.2 Å². The fourth-order valence-electron chi connectivity index (χ4n) is 4.05. The topological polar surface area (TPSA) is 38.8 Å². The SMILES string of the molecule is COC(=O)c1cc(C2CC2)c(OC[C@H]2CCCN2c2ccc(C(F)(F)F)cc2)cc1F. The quantitative estimate of drug-likeness (QED) is 0.438. The standard InChI is InChI=1S/C23H23F4NO3/c1-30-22(29)19-11-18(14-4-5-14)21(12-20(19)24)31-13-17-3-2-10-28(17)16-8-6-15(7-9-16)23(25,26)27/h6-9,11-12,14,17H,2-5,10,13H2,1H3/t17-/m1/s1. The van der Waals surface area contributed by atoms with Gasteiger partial charge < -0.3 is 14.4 Å². The number of hydrogen-bond acceptors (Lipinski definition) is 4. The minimum atomic E-state index is -4.37. The summed E-state index contributed by atoms with van der Waals surface area (Å²) in [6, 6.07) is 7.82. The molecule has 8 heteroatoms. The van der Waals surface area contributed by atoms with Crippen LogP contribution in [0.5, 0.6) is 5.75 Å². The predicted molar refractivity (Wildman–Crippen MR) is 107 cm³/mol. The molecule has 2 aromatic carbocycles. The van der Waals surface area contributed by atoms with Gasteiger partial charge >= 0.3 is 12.1 Å². The minimum Gasteiger partial charge on any atom is -0.491 e. The first kappa shape index (κ1) is 21.5. The van der Waals surface area contributed by atoms with E-state index in [-0.39, 0.29) is 24.1 Å². The van der Waals surface area contributed by atoms with Crippen LogP contribution in [0.25, 0.3) is 0 Å². The van der Waals surface area contributed by atoms with E-state index < -0.39 is 23.5 Å². The van der Waals surface area contributed by atoms with Crippen LogP contribution in [0, 0.1) is 5.82 Å². The van der Waals surface area contributed by atoms with Gasteiger partial charge in [0.2, 0.25) is 0 Å². The summed E-state index contributed by atoms with van der Waals surface area (Å²) in [4.78, 5) is 13.8. The number of ether oxygens (including phenoxy) is 2. The average Bonchev–Trinajstić information content (AvgIpc) is 3.48. The summed E-state index contributed by atoms with van der Waals surface area (Å²) in [6.45, 7) is 0.988. The van der Waals surface area contributed by atoms with Gasteiger partial charge in [0.15, 0.2) is 0 Å². The minimum absolute atomic E-state index is 0.0351. The molecule has 2 fully saturated rings. The van der Waals surface area contributed by atoms with Gasteiger partial charge in [-0.15, -0.1) is 0 Å². The zero-order valence-electron chi connectivity index (χ0n) is 17.0. The fourth-order valence-corrected chi connectivity index (χ4v) is 4.05. The second-order valence-corrected chi connectivity index (χ2v) is 7.98. The van der Waals surface area contributed by atoms with Gasteiger partial charge in [-0.05, 0) is 67.5 Å². The number of nitrogens with zero attached hydrogens (tertiary/aromatic N) is 1. The molecule has 0 amide bonds. The van der Waals surface area contributed by atoms with Crippen molar-refractivity contribution in [3.05, 3.63) is 58.9 Å². The van der Waals surface area contributed by atoms with Crippen molar-refractivity contribution < 1.29 is 31.8 Å². The Bertz CT molecular complexity index is 955. The Morgan fingerprint density at radius 2 is 1.84 bits per heavy atom. The number of alkyl halides is 3. The first-order chi connectivity index (χ1) is 14.8. The number of methoxy groups -OCH3 is 1. The Morgan fingerprint density at radius 1 is 1.13 bits per heavy atom. The predicted octanol–water partition coefficient (Wildman–Crippen LogP) is 5.56. The summed E-state index contributed by atoms with van der Waals surface area (Å²) >= 11 is 0. The van der Waals surface area contributed by atoms with Crippen molar-refractivity contribution in [3.63, 3.8) is 0 Å². The molecule has 0 radical (unpaired) electrons. The van der Waals surface area contributed by atoms with Gasteiger partial charge in [0.25, 0.3) is 0 Å². The van der Waals surface area contributed by atoms with E-state index in [1.54, 1.807) is 0 Å². The van der Waals surface area contributed by atoms with Crippen LogP contribution in [0.1, 0.15) is 53.1 Å². The largest absolute Gasteiger partial charge is 0.491 e. The van der Waals surface area contributed by atoms with Crippen LogP contribution in [0.15, 0.2) is 36.4 Å². The Morgan fingerprint density at radius 3 is 2.45 bits per heavy atom. The molecule has 0 aromatic heterocycles. The van der Waals surface area contributed by atoms with Gasteiger partial charge in [0.1, 0.15) is 18.2 Å². The van der Waals surface area contributed by atoms with Crippen LogP contribution in [0.4, 0.5) is 23.2 Å². The number of anilines is 1. The van der Waals surface area contributed by atoms with E-state index >= 15 is 0 Å². The van der Waals surface area contributed by atoms with Crippen molar-refractivity contribution >= 4 is 11.7 Å². The van der Waals surface area contributed by atoms with Crippen LogP contribution in [0.2, 0.25) is 0 Å². The smallest absolute Gasteiger partial charge is 0.416 e. The number of esters is 1. The van der Waals surface area contributed by atoms with E-state index in [1.807, 2.05) is 4.90 Å². The van der Waals surface area contributed by atoms with E-state index in [9.17, 15) is 22.4 Å². The Kier molecular flexibility index (Phi) is 5.81. The second-order valence-electron chi connectivity index (χ2n) is 7.98. The van der Waals surface area contributed by atoms with Crippen LogP contribution in [-0.4, -0.2) is 32.3 Å². The molecule has 1 atom stereocenters. The highest BCUT2D eigenvalue weighted by Crippen LogP contribution is 2.45. The molecule has 4 nitrogen and oxygen atoms in total. The third-order valence-electron chi connectivity index (χ3n) is 5.86. The average molecular weight is 437 g/mol. The summed E-state index contributed by atoms with van der Waals surface area (Å²) in [5, 5.41) is 0. The highest BCUT2D eigenvalue weighted by molar-refractivity contribution is 5.90. The van der Waals surface area contributed by atoms with Crippen molar-refractivity contribution in [1.29, 1.82) is 0 Å². The van der Waals surface area contributed by atoms with E-state index in [2.05, 4.69) is 4.74 Å². The lowest BCUT2D eigenvalue weighted by Gasteiger charge is -2.27. The zero-order chi connectivity index (χ0) is 22.2. The lowest BCUT2D eigenvalue weighted by atomic mass is 10.0. The maximum Gasteiger partial charge on any atom is 0.416 e. The fraction of sp³-hybridized carbons (Fsp3) is 0.435. The molecule has 1 heterocycles. The summed E-state index contributed by atoms with van der Waals surface area (Å²) in [5.74, 6) is -0.784. The number of rotatable bonds is 6. The van der Waals surface area contributed by atoms with Gasteiger partial charge in [-0.3, -0.25) is 0 Å². The summed E-state index contributed by atoms with van der Waals surface area (Å²) in [7, 11) is 1.21. The molecule has 1 saturated carbocycles. The molecule has 0 bridgehead atoms. The highest BCUT2D eigenvalue weighted by Gasteiger charge is 2.33. The van der Waals surface area contributed by atoms with Crippen LogP contribution in [-0.2, 0) is 10.9 Å². The van der Waals surface area contributed by atoms with Gasteiger partial charge in [-0.25, -0.2) is 9.18 Å². The monoisotopic (exact) mass is 437 g/mol. The first-order valence-corrected chi connectivity index (χ1v) is 10.3. The molecule has 1 aliphatic heterocycles. The number of carbonyl (C=O) groups is 1. The summed E-state index contributed by atoms with van der Waals surface area (Å²) < 4.78 is 63.6. The van der Waals surface area contributed by atoms with Crippen molar-refractivity contribution in [2.75, 3.05) is 25.2 Å². The Labute approximate surface area is 177 Å². The van der Waals surface area contributed by atoms with Gasteiger partial charge in [-0.1, -0.05) is 0 Å². The molecule has 2 aromatic rings. The van der Waals surface area contributed by atoms with E-state index in [1.165, 1.54) is 31.4 Å². The number of benzene rings is 2. The molecule has 0 N–H and O–H groups in total. The number of halogens is 4. The first-order valence-electron chi connectivity index (χ1n) is 10.3.